The first kappa shape index (κ1) is 12.0. The molecule has 1 N–H and O–H groups in total. The molecule has 82 valence electrons. The Morgan fingerprint density at radius 1 is 1.27 bits per heavy atom. The molecule has 0 atom stereocenters. The van der Waals surface area contributed by atoms with Crippen molar-refractivity contribution in [2.75, 3.05) is 5.32 Å². The van der Waals surface area contributed by atoms with Gasteiger partial charge in [0.15, 0.2) is 0 Å². The Balaban J connectivity index is 3.38. The highest BCUT2D eigenvalue weighted by molar-refractivity contribution is 8.13. The summed E-state index contributed by atoms with van der Waals surface area (Å²) in [7, 11) is 1.49. The number of rotatable bonds is 3. The number of amides is 1. The first-order valence-electron chi connectivity index (χ1n) is 4.12. The lowest BCUT2D eigenvalue weighted by Crippen LogP contribution is -2.01. The Bertz CT molecular complexity index is 473. The van der Waals surface area contributed by atoms with Crippen LogP contribution in [0.5, 0.6) is 0 Å². The molecular weight excluding hydrogens is 238 g/mol. The van der Waals surface area contributed by atoms with E-state index in [0.29, 0.717) is 23.2 Å². The lowest BCUT2D eigenvalue weighted by Gasteiger charge is -2.09. The van der Waals surface area contributed by atoms with E-state index < -0.39 is 9.05 Å². The molecule has 6 heteroatoms. The van der Waals surface area contributed by atoms with E-state index in [2.05, 4.69) is 5.32 Å². The van der Waals surface area contributed by atoms with E-state index in [1.54, 1.807) is 13.8 Å². The van der Waals surface area contributed by atoms with Gasteiger partial charge in [0.2, 0.25) is 6.41 Å². The largest absolute Gasteiger partial charge is 0.328 e. The van der Waals surface area contributed by atoms with Gasteiger partial charge in [-0.3, -0.25) is 4.79 Å². The van der Waals surface area contributed by atoms with E-state index in [-0.39, 0.29) is 4.90 Å². The van der Waals surface area contributed by atoms with Crippen molar-refractivity contribution in [3.05, 3.63) is 23.3 Å². The number of carbonyl (C=O) groups is 1. The molecule has 1 aromatic carbocycles. The molecule has 0 fully saturated rings. The first-order chi connectivity index (χ1) is 6.86. The van der Waals surface area contributed by atoms with Crippen molar-refractivity contribution >= 4 is 31.8 Å². The minimum atomic E-state index is -3.72. The van der Waals surface area contributed by atoms with Gasteiger partial charge in [-0.1, -0.05) is 0 Å². The van der Waals surface area contributed by atoms with Gasteiger partial charge in [-0.05, 0) is 37.1 Å². The van der Waals surface area contributed by atoms with Crippen LogP contribution in [0.25, 0.3) is 0 Å². The van der Waals surface area contributed by atoms with Gasteiger partial charge in [0, 0.05) is 16.4 Å². The van der Waals surface area contributed by atoms with Gasteiger partial charge in [-0.25, -0.2) is 8.42 Å². The fraction of sp³-hybridized carbons (Fsp3) is 0.222. The summed E-state index contributed by atoms with van der Waals surface area (Å²) in [6, 6.07) is 2.84. The predicted octanol–water partition coefficient (Wildman–Crippen LogP) is 1.80. The lowest BCUT2D eigenvalue weighted by atomic mass is 10.1. The van der Waals surface area contributed by atoms with Gasteiger partial charge in [0.05, 0.1) is 4.90 Å². The van der Waals surface area contributed by atoms with E-state index in [1.807, 2.05) is 0 Å². The monoisotopic (exact) mass is 247 g/mol. The molecule has 0 unspecified atom stereocenters. The molecule has 0 aliphatic carbocycles. The van der Waals surface area contributed by atoms with E-state index in [1.165, 1.54) is 12.1 Å². The van der Waals surface area contributed by atoms with Crippen LogP contribution in [0.3, 0.4) is 0 Å². The minimum Gasteiger partial charge on any atom is -0.328 e. The molecule has 15 heavy (non-hydrogen) atoms. The topological polar surface area (TPSA) is 63.2 Å². The molecule has 0 aromatic heterocycles. The average Bonchev–Trinajstić information content (AvgIpc) is 2.09. The molecule has 0 saturated carbocycles. The molecule has 4 nitrogen and oxygen atoms in total. The van der Waals surface area contributed by atoms with Gasteiger partial charge in [-0.15, -0.1) is 0 Å². The highest BCUT2D eigenvalue weighted by Gasteiger charge is 2.13. The van der Waals surface area contributed by atoms with Crippen LogP contribution in [0, 0.1) is 13.8 Å². The highest BCUT2D eigenvalue weighted by atomic mass is 35.7. The average molecular weight is 248 g/mol. The molecular formula is C9H10ClNO3S. The maximum Gasteiger partial charge on any atom is 0.261 e. The molecule has 0 aliphatic heterocycles. The van der Waals surface area contributed by atoms with Crippen LogP contribution in [0.4, 0.5) is 5.69 Å². The van der Waals surface area contributed by atoms with Crippen LogP contribution in [-0.2, 0) is 13.8 Å². The van der Waals surface area contributed by atoms with Gasteiger partial charge < -0.3 is 5.32 Å². The molecule has 0 bridgehead atoms. The molecule has 0 radical (unpaired) electrons. The van der Waals surface area contributed by atoms with E-state index in [0.717, 1.165) is 0 Å². The van der Waals surface area contributed by atoms with Crippen molar-refractivity contribution in [2.24, 2.45) is 0 Å². The van der Waals surface area contributed by atoms with Gasteiger partial charge in [0.25, 0.3) is 9.05 Å². The standard InChI is InChI=1S/C9H10ClNO3S/c1-6-3-8(15(10,13)14)4-7(2)9(6)11-5-12/h3-5H,1-2H3,(H,11,12). The second-order valence-corrected chi connectivity index (χ2v) is 5.70. The minimum absolute atomic E-state index is 0.0376. The van der Waals surface area contributed by atoms with Crippen LogP contribution in [-0.4, -0.2) is 14.8 Å². The lowest BCUT2D eigenvalue weighted by molar-refractivity contribution is -0.105. The van der Waals surface area contributed by atoms with Crippen molar-refractivity contribution in [2.45, 2.75) is 18.7 Å². The van der Waals surface area contributed by atoms with Crippen molar-refractivity contribution < 1.29 is 13.2 Å². The number of benzene rings is 1. The van der Waals surface area contributed by atoms with E-state index in [4.69, 9.17) is 10.7 Å². The Kier molecular flexibility index (Phi) is 3.36. The quantitative estimate of drug-likeness (QED) is 0.654. The fourth-order valence-corrected chi connectivity index (χ4v) is 2.25. The zero-order valence-corrected chi connectivity index (χ0v) is 9.82. The number of anilines is 1. The molecule has 1 rings (SSSR count). The molecule has 1 aromatic rings. The summed E-state index contributed by atoms with van der Waals surface area (Å²) in [5, 5.41) is 2.50. The summed E-state index contributed by atoms with van der Waals surface area (Å²) in [6.07, 6.45) is 0.546. The highest BCUT2D eigenvalue weighted by Crippen LogP contribution is 2.25. The van der Waals surface area contributed by atoms with Gasteiger partial charge in [0.1, 0.15) is 0 Å². The number of nitrogens with one attached hydrogen (secondary N) is 1. The Hall–Kier alpha value is -1.07. The summed E-state index contributed by atoms with van der Waals surface area (Å²) in [6.45, 7) is 3.40. The molecule has 0 spiro atoms. The molecule has 0 saturated heterocycles. The van der Waals surface area contributed by atoms with E-state index >= 15 is 0 Å². The zero-order chi connectivity index (χ0) is 11.6. The summed E-state index contributed by atoms with van der Waals surface area (Å²) < 4.78 is 22.2. The maximum absolute atomic E-state index is 11.1. The van der Waals surface area contributed by atoms with Gasteiger partial charge in [-0.2, -0.15) is 0 Å². The summed E-state index contributed by atoms with van der Waals surface area (Å²) in [5.74, 6) is 0. The van der Waals surface area contributed by atoms with E-state index in [9.17, 15) is 13.2 Å². The van der Waals surface area contributed by atoms with Gasteiger partial charge >= 0.3 is 0 Å². The SMILES string of the molecule is Cc1cc(S(=O)(=O)Cl)cc(C)c1NC=O. The van der Waals surface area contributed by atoms with Crippen LogP contribution in [0.15, 0.2) is 17.0 Å². The third-order valence-electron chi connectivity index (χ3n) is 1.99. The predicted molar refractivity (Wildman–Crippen MR) is 58.6 cm³/mol. The maximum atomic E-state index is 11.1. The summed E-state index contributed by atoms with van der Waals surface area (Å²) >= 11 is 0. The number of aryl methyl sites for hydroxylation is 2. The van der Waals surface area contributed by atoms with Crippen LogP contribution < -0.4 is 5.32 Å². The van der Waals surface area contributed by atoms with Crippen LogP contribution in [0.2, 0.25) is 0 Å². The molecule has 0 aliphatic rings. The summed E-state index contributed by atoms with van der Waals surface area (Å²) in [4.78, 5) is 10.3. The summed E-state index contributed by atoms with van der Waals surface area (Å²) in [5.41, 5.74) is 1.91. The van der Waals surface area contributed by atoms with Crippen LogP contribution >= 0.6 is 10.7 Å². The smallest absolute Gasteiger partial charge is 0.261 e. The Labute approximate surface area is 92.7 Å². The normalized spacial score (nSPS) is 11.1. The van der Waals surface area contributed by atoms with Crippen molar-refractivity contribution in [1.82, 2.24) is 0 Å². The molecule has 0 heterocycles. The number of hydrogen-bond acceptors (Lipinski definition) is 3. The third-order valence-corrected chi connectivity index (χ3v) is 3.32. The number of hydrogen-bond donors (Lipinski definition) is 1. The van der Waals surface area contributed by atoms with Crippen molar-refractivity contribution in [3.8, 4) is 0 Å². The fourth-order valence-electron chi connectivity index (χ4n) is 1.35. The third kappa shape index (κ3) is 2.70. The van der Waals surface area contributed by atoms with Crippen molar-refractivity contribution in [1.29, 1.82) is 0 Å². The Morgan fingerprint density at radius 2 is 1.73 bits per heavy atom. The number of halogens is 1. The number of carbonyl (C=O) groups excluding carboxylic acids is 1. The Morgan fingerprint density at radius 3 is 2.07 bits per heavy atom. The molecule has 1 amide bonds. The van der Waals surface area contributed by atoms with Crippen LogP contribution in [0.1, 0.15) is 11.1 Å². The van der Waals surface area contributed by atoms with Crippen molar-refractivity contribution in [3.63, 3.8) is 0 Å². The zero-order valence-electron chi connectivity index (χ0n) is 8.24. The second kappa shape index (κ2) is 4.20. The second-order valence-electron chi connectivity index (χ2n) is 3.13. The first-order valence-corrected chi connectivity index (χ1v) is 6.43.